The topological polar surface area (TPSA) is 72.5 Å². The monoisotopic (exact) mass is 315 g/mol. The summed E-state index contributed by atoms with van der Waals surface area (Å²) in [6, 6.07) is 4.48. The van der Waals surface area contributed by atoms with E-state index in [2.05, 4.69) is 0 Å². The largest absolute Gasteiger partial charge is 0.507 e. The number of ether oxygens (including phenoxy) is 1. The zero-order valence-electron chi connectivity index (χ0n) is 13.5. The fourth-order valence-electron chi connectivity index (χ4n) is 5.75. The van der Waals surface area contributed by atoms with Crippen LogP contribution in [0.3, 0.4) is 0 Å². The van der Waals surface area contributed by atoms with Gasteiger partial charge in [0.15, 0.2) is 0 Å². The molecule has 4 saturated carbocycles. The SMILES string of the molecule is Nc1ccc(O)c(C(=O)OCCC23CC4CC(CC(C4)C2)C3)c1. The van der Waals surface area contributed by atoms with Gasteiger partial charge < -0.3 is 15.6 Å². The number of carbonyl (C=O) groups is 1. The first-order valence-corrected chi connectivity index (χ1v) is 8.79. The van der Waals surface area contributed by atoms with Crippen molar-refractivity contribution in [2.45, 2.75) is 44.9 Å². The summed E-state index contributed by atoms with van der Waals surface area (Å²) in [7, 11) is 0. The molecule has 23 heavy (non-hydrogen) atoms. The van der Waals surface area contributed by atoms with Gasteiger partial charge in [0.05, 0.1) is 6.61 Å². The molecule has 3 N–H and O–H groups in total. The quantitative estimate of drug-likeness (QED) is 0.504. The summed E-state index contributed by atoms with van der Waals surface area (Å²) in [5.74, 6) is 2.19. The third kappa shape index (κ3) is 2.79. The van der Waals surface area contributed by atoms with Crippen LogP contribution in [0, 0.1) is 23.2 Å². The lowest BCUT2D eigenvalue weighted by Gasteiger charge is -2.57. The summed E-state index contributed by atoms with van der Waals surface area (Å²) in [4.78, 5) is 12.2. The van der Waals surface area contributed by atoms with E-state index >= 15 is 0 Å². The molecule has 0 atom stereocenters. The van der Waals surface area contributed by atoms with Gasteiger partial charge in [0.1, 0.15) is 11.3 Å². The number of esters is 1. The molecule has 4 aliphatic rings. The van der Waals surface area contributed by atoms with E-state index in [-0.39, 0.29) is 11.3 Å². The number of benzene rings is 1. The van der Waals surface area contributed by atoms with Crippen LogP contribution in [0.15, 0.2) is 18.2 Å². The maximum atomic E-state index is 12.2. The van der Waals surface area contributed by atoms with Gasteiger partial charge in [-0.25, -0.2) is 4.79 Å². The van der Waals surface area contributed by atoms with Gasteiger partial charge in [-0.15, -0.1) is 0 Å². The molecule has 0 aromatic heterocycles. The molecule has 0 radical (unpaired) electrons. The second-order valence-corrected chi connectivity index (χ2v) is 8.08. The molecule has 5 rings (SSSR count). The molecule has 0 unspecified atom stereocenters. The maximum Gasteiger partial charge on any atom is 0.341 e. The zero-order valence-corrected chi connectivity index (χ0v) is 13.5. The summed E-state index contributed by atoms with van der Waals surface area (Å²) in [6.07, 6.45) is 9.20. The Morgan fingerprint density at radius 1 is 1.17 bits per heavy atom. The molecule has 0 heterocycles. The number of carbonyl (C=O) groups excluding carboxylic acids is 1. The molecule has 0 aliphatic heterocycles. The van der Waals surface area contributed by atoms with Crippen LogP contribution in [-0.2, 0) is 4.74 Å². The first-order chi connectivity index (χ1) is 11.0. The number of anilines is 1. The highest BCUT2D eigenvalue weighted by Gasteiger charge is 2.50. The van der Waals surface area contributed by atoms with E-state index < -0.39 is 5.97 Å². The zero-order chi connectivity index (χ0) is 16.0. The highest BCUT2D eigenvalue weighted by atomic mass is 16.5. The molecule has 4 fully saturated rings. The minimum Gasteiger partial charge on any atom is -0.507 e. The molecule has 0 spiro atoms. The van der Waals surface area contributed by atoms with E-state index in [1.54, 1.807) is 6.07 Å². The fraction of sp³-hybridized carbons (Fsp3) is 0.632. The Bertz CT molecular complexity index is 590. The summed E-state index contributed by atoms with van der Waals surface area (Å²) >= 11 is 0. The van der Waals surface area contributed by atoms with Crippen molar-refractivity contribution in [2.75, 3.05) is 12.3 Å². The van der Waals surface area contributed by atoms with Gasteiger partial charge in [0, 0.05) is 5.69 Å². The molecule has 0 saturated heterocycles. The molecular weight excluding hydrogens is 290 g/mol. The van der Waals surface area contributed by atoms with E-state index in [1.165, 1.54) is 50.7 Å². The van der Waals surface area contributed by atoms with Crippen LogP contribution in [0.4, 0.5) is 5.69 Å². The van der Waals surface area contributed by atoms with Gasteiger partial charge in [-0.3, -0.25) is 0 Å². The lowest BCUT2D eigenvalue weighted by Crippen LogP contribution is -2.46. The van der Waals surface area contributed by atoms with Crippen LogP contribution in [0.1, 0.15) is 55.3 Å². The molecule has 1 aromatic carbocycles. The average molecular weight is 315 g/mol. The lowest BCUT2D eigenvalue weighted by atomic mass is 9.49. The average Bonchev–Trinajstić information content (AvgIpc) is 2.48. The van der Waals surface area contributed by atoms with Crippen LogP contribution in [-0.4, -0.2) is 17.7 Å². The number of phenolic OH excluding ortho intramolecular Hbond substituents is 1. The third-order valence-electron chi connectivity index (χ3n) is 6.27. The molecule has 4 nitrogen and oxygen atoms in total. The molecule has 4 aliphatic carbocycles. The van der Waals surface area contributed by atoms with E-state index in [9.17, 15) is 9.90 Å². The predicted molar refractivity (Wildman–Crippen MR) is 88.0 cm³/mol. The predicted octanol–water partition coefficient (Wildman–Crippen LogP) is 3.74. The number of nitrogen functional groups attached to an aromatic ring is 1. The van der Waals surface area contributed by atoms with E-state index in [0.29, 0.717) is 17.7 Å². The second kappa shape index (κ2) is 5.43. The fourth-order valence-corrected chi connectivity index (χ4v) is 5.75. The van der Waals surface area contributed by atoms with Crippen molar-refractivity contribution in [3.05, 3.63) is 23.8 Å². The number of hydrogen-bond acceptors (Lipinski definition) is 4. The van der Waals surface area contributed by atoms with Crippen LogP contribution in [0.5, 0.6) is 5.75 Å². The Labute approximate surface area is 137 Å². The smallest absolute Gasteiger partial charge is 0.341 e. The first kappa shape index (κ1) is 14.9. The summed E-state index contributed by atoms with van der Waals surface area (Å²) < 4.78 is 5.45. The molecule has 124 valence electrons. The maximum absolute atomic E-state index is 12.2. The van der Waals surface area contributed by atoms with Gasteiger partial charge in [0.2, 0.25) is 0 Å². The number of aromatic hydroxyl groups is 1. The highest BCUT2D eigenvalue weighted by molar-refractivity contribution is 5.93. The standard InChI is InChI=1S/C19H25NO3/c20-15-1-2-17(21)16(8-15)18(22)23-4-3-19-9-12-5-13(10-19)7-14(6-12)11-19/h1-2,8,12-14,21H,3-7,9-11,20H2. The minimum absolute atomic E-state index is 0.0704. The van der Waals surface area contributed by atoms with Gasteiger partial charge in [-0.1, -0.05) is 0 Å². The third-order valence-corrected chi connectivity index (χ3v) is 6.27. The molecule has 0 amide bonds. The van der Waals surface area contributed by atoms with Gasteiger partial charge in [-0.05, 0) is 86.3 Å². The van der Waals surface area contributed by atoms with Crippen LogP contribution in [0.25, 0.3) is 0 Å². The number of hydrogen-bond donors (Lipinski definition) is 2. The van der Waals surface area contributed by atoms with Gasteiger partial charge in [-0.2, -0.15) is 0 Å². The van der Waals surface area contributed by atoms with E-state index in [0.717, 1.165) is 24.2 Å². The van der Waals surface area contributed by atoms with Crippen LogP contribution >= 0.6 is 0 Å². The van der Waals surface area contributed by atoms with Crippen molar-refractivity contribution in [1.82, 2.24) is 0 Å². The first-order valence-electron chi connectivity index (χ1n) is 8.79. The Balaban J connectivity index is 1.37. The Kier molecular flexibility index (Phi) is 3.51. The van der Waals surface area contributed by atoms with Crippen LogP contribution < -0.4 is 5.73 Å². The van der Waals surface area contributed by atoms with Crippen molar-refractivity contribution in [3.8, 4) is 5.75 Å². The molecule has 4 heteroatoms. The molecule has 1 aromatic rings. The summed E-state index contributed by atoms with van der Waals surface area (Å²) in [5, 5.41) is 9.78. The Morgan fingerprint density at radius 2 is 1.78 bits per heavy atom. The van der Waals surface area contributed by atoms with E-state index in [4.69, 9.17) is 10.5 Å². The van der Waals surface area contributed by atoms with Crippen LogP contribution in [0.2, 0.25) is 0 Å². The molecule has 4 bridgehead atoms. The summed E-state index contributed by atoms with van der Waals surface area (Å²) in [6.45, 7) is 0.444. The lowest BCUT2D eigenvalue weighted by molar-refractivity contribution is -0.0653. The number of nitrogens with two attached hydrogens (primary N) is 1. The molecular formula is C19H25NO3. The Morgan fingerprint density at radius 3 is 2.39 bits per heavy atom. The highest BCUT2D eigenvalue weighted by Crippen LogP contribution is 2.61. The van der Waals surface area contributed by atoms with E-state index in [1.807, 2.05) is 0 Å². The van der Waals surface area contributed by atoms with Crippen molar-refractivity contribution < 1.29 is 14.6 Å². The van der Waals surface area contributed by atoms with Gasteiger partial charge >= 0.3 is 5.97 Å². The van der Waals surface area contributed by atoms with Gasteiger partial charge in [0.25, 0.3) is 0 Å². The number of rotatable bonds is 4. The van der Waals surface area contributed by atoms with Crippen molar-refractivity contribution >= 4 is 11.7 Å². The Hall–Kier alpha value is -1.71. The minimum atomic E-state index is -0.473. The van der Waals surface area contributed by atoms with Crippen molar-refractivity contribution in [1.29, 1.82) is 0 Å². The normalized spacial score (nSPS) is 34.5. The van der Waals surface area contributed by atoms with Crippen molar-refractivity contribution in [3.63, 3.8) is 0 Å². The summed E-state index contributed by atoms with van der Waals surface area (Å²) in [5.41, 5.74) is 6.70. The number of phenols is 1. The second-order valence-electron chi connectivity index (χ2n) is 8.08. The van der Waals surface area contributed by atoms with Crippen molar-refractivity contribution in [2.24, 2.45) is 23.2 Å².